The average Bonchev–Trinajstić information content (AvgIpc) is 2.70. The van der Waals surface area contributed by atoms with Crippen molar-refractivity contribution in [3.05, 3.63) is 70.5 Å². The second-order valence-electron chi connectivity index (χ2n) is 6.53. The van der Waals surface area contributed by atoms with Crippen LogP contribution < -0.4 is 10.6 Å². The number of carbonyl (C=O) groups excluding carboxylic acids is 1. The van der Waals surface area contributed by atoms with E-state index in [1.165, 1.54) is 6.07 Å². The van der Waals surface area contributed by atoms with Crippen LogP contribution >= 0.6 is 0 Å². The van der Waals surface area contributed by atoms with Gasteiger partial charge in [0.2, 0.25) is 0 Å². The third kappa shape index (κ3) is 6.06. The van der Waals surface area contributed by atoms with E-state index in [0.29, 0.717) is 30.2 Å². The molecule has 0 heterocycles. The molecule has 0 aliphatic rings. The lowest BCUT2D eigenvalue weighted by molar-refractivity contribution is 0.0827. The Kier molecular flexibility index (Phi) is 7.95. The van der Waals surface area contributed by atoms with E-state index >= 15 is 0 Å². The number of ether oxygens (including phenoxy) is 1. The van der Waals surface area contributed by atoms with Gasteiger partial charge in [0.25, 0.3) is 5.91 Å². The summed E-state index contributed by atoms with van der Waals surface area (Å²) in [5.41, 5.74) is 3.14. The van der Waals surface area contributed by atoms with E-state index < -0.39 is 0 Å². The van der Waals surface area contributed by atoms with Crippen molar-refractivity contribution in [2.45, 2.75) is 19.7 Å². The van der Waals surface area contributed by atoms with Gasteiger partial charge < -0.3 is 20.3 Å². The zero-order chi connectivity index (χ0) is 20.5. The number of benzene rings is 2. The summed E-state index contributed by atoms with van der Waals surface area (Å²) in [6.45, 7) is 1.31. The number of nitrogens with zero attached hydrogens (tertiary/aromatic N) is 2. The largest absolute Gasteiger partial charge is 0.380 e. The molecular weight excluding hydrogens is 359 g/mol. The lowest BCUT2D eigenvalue weighted by Crippen LogP contribution is -2.36. The van der Waals surface area contributed by atoms with Gasteiger partial charge in [-0.25, -0.2) is 4.39 Å². The molecule has 0 spiro atoms. The number of rotatable bonds is 7. The Morgan fingerprint density at radius 1 is 1.07 bits per heavy atom. The second-order valence-corrected chi connectivity index (χ2v) is 6.53. The Bertz CT molecular complexity index is 820. The molecule has 2 rings (SSSR count). The molecule has 7 heteroatoms. The van der Waals surface area contributed by atoms with Crippen LogP contribution in [0.4, 0.5) is 4.39 Å². The van der Waals surface area contributed by atoms with Crippen LogP contribution in [0.5, 0.6) is 0 Å². The Labute approximate surface area is 165 Å². The standard InChI is InChI=1S/C21H27FN4O2/c1-23-21(25-13-16-7-10-19(22)18(11-16)14-28-4)24-12-15-5-8-17(9-6-15)20(27)26(2)3/h5-11H,12-14H2,1-4H3,(H2,23,24,25). The van der Waals surface area contributed by atoms with Crippen molar-refractivity contribution >= 4 is 11.9 Å². The maximum absolute atomic E-state index is 13.7. The van der Waals surface area contributed by atoms with Gasteiger partial charge >= 0.3 is 0 Å². The smallest absolute Gasteiger partial charge is 0.253 e. The first-order valence-electron chi connectivity index (χ1n) is 8.96. The quantitative estimate of drug-likeness (QED) is 0.567. The maximum atomic E-state index is 13.7. The number of amides is 1. The van der Waals surface area contributed by atoms with Crippen LogP contribution in [0.15, 0.2) is 47.5 Å². The molecule has 0 aliphatic carbocycles. The first-order chi connectivity index (χ1) is 13.4. The summed E-state index contributed by atoms with van der Waals surface area (Å²) in [5.74, 6) is 0.333. The van der Waals surface area contributed by atoms with Gasteiger partial charge in [-0.1, -0.05) is 18.2 Å². The first kappa shape index (κ1) is 21.4. The van der Waals surface area contributed by atoms with Crippen LogP contribution in [0.1, 0.15) is 27.0 Å². The molecule has 0 radical (unpaired) electrons. The number of guanidine groups is 1. The third-order valence-corrected chi connectivity index (χ3v) is 4.16. The maximum Gasteiger partial charge on any atom is 0.253 e. The molecular formula is C21H27FN4O2. The minimum Gasteiger partial charge on any atom is -0.380 e. The average molecular weight is 386 g/mol. The summed E-state index contributed by atoms with van der Waals surface area (Å²) in [7, 11) is 6.69. The highest BCUT2D eigenvalue weighted by atomic mass is 19.1. The van der Waals surface area contributed by atoms with E-state index in [1.807, 2.05) is 24.3 Å². The van der Waals surface area contributed by atoms with Gasteiger partial charge in [-0.2, -0.15) is 0 Å². The van der Waals surface area contributed by atoms with E-state index in [2.05, 4.69) is 15.6 Å². The van der Waals surface area contributed by atoms with Crippen molar-refractivity contribution in [1.82, 2.24) is 15.5 Å². The first-order valence-corrected chi connectivity index (χ1v) is 8.96. The van der Waals surface area contributed by atoms with E-state index in [1.54, 1.807) is 45.3 Å². The van der Waals surface area contributed by atoms with Gasteiger partial charge in [0, 0.05) is 52.5 Å². The van der Waals surface area contributed by atoms with Crippen LogP contribution in [0.2, 0.25) is 0 Å². The van der Waals surface area contributed by atoms with Crippen molar-refractivity contribution in [1.29, 1.82) is 0 Å². The molecule has 150 valence electrons. The van der Waals surface area contributed by atoms with Crippen molar-refractivity contribution in [3.8, 4) is 0 Å². The topological polar surface area (TPSA) is 66.0 Å². The predicted octanol–water partition coefficient (Wildman–Crippen LogP) is 2.54. The van der Waals surface area contributed by atoms with Crippen LogP contribution in [-0.2, 0) is 24.4 Å². The third-order valence-electron chi connectivity index (χ3n) is 4.16. The molecule has 0 bridgehead atoms. The second kappa shape index (κ2) is 10.4. The number of carbonyl (C=O) groups is 1. The fourth-order valence-electron chi connectivity index (χ4n) is 2.62. The molecule has 1 amide bonds. The zero-order valence-corrected chi connectivity index (χ0v) is 16.8. The lowest BCUT2D eigenvalue weighted by atomic mass is 10.1. The molecule has 2 aromatic rings. The Morgan fingerprint density at radius 3 is 2.25 bits per heavy atom. The molecule has 0 aliphatic heterocycles. The number of aliphatic imine (C=N–C) groups is 1. The van der Waals surface area contributed by atoms with E-state index in [9.17, 15) is 9.18 Å². The van der Waals surface area contributed by atoms with Crippen molar-refractivity contribution in [2.75, 3.05) is 28.3 Å². The van der Waals surface area contributed by atoms with Crippen LogP contribution in [0.3, 0.4) is 0 Å². The molecule has 0 fully saturated rings. The molecule has 2 N–H and O–H groups in total. The highest BCUT2D eigenvalue weighted by Crippen LogP contribution is 2.11. The summed E-state index contributed by atoms with van der Waals surface area (Å²) in [4.78, 5) is 17.7. The van der Waals surface area contributed by atoms with Crippen LogP contribution in [0.25, 0.3) is 0 Å². The molecule has 0 saturated carbocycles. The van der Waals surface area contributed by atoms with Gasteiger partial charge in [-0.15, -0.1) is 0 Å². The number of nitrogens with one attached hydrogen (secondary N) is 2. The monoisotopic (exact) mass is 386 g/mol. The Morgan fingerprint density at radius 2 is 1.68 bits per heavy atom. The van der Waals surface area contributed by atoms with E-state index in [4.69, 9.17) is 4.74 Å². The summed E-state index contributed by atoms with van der Waals surface area (Å²) < 4.78 is 18.7. The number of halogens is 1. The summed E-state index contributed by atoms with van der Waals surface area (Å²) in [6.07, 6.45) is 0. The van der Waals surface area contributed by atoms with Gasteiger partial charge in [0.05, 0.1) is 6.61 Å². The van der Waals surface area contributed by atoms with E-state index in [-0.39, 0.29) is 18.3 Å². The van der Waals surface area contributed by atoms with Crippen LogP contribution in [-0.4, -0.2) is 45.0 Å². The van der Waals surface area contributed by atoms with Crippen molar-refractivity contribution in [2.24, 2.45) is 4.99 Å². The zero-order valence-electron chi connectivity index (χ0n) is 16.8. The normalized spacial score (nSPS) is 11.2. The van der Waals surface area contributed by atoms with Gasteiger partial charge in [-0.3, -0.25) is 9.79 Å². The van der Waals surface area contributed by atoms with Crippen LogP contribution in [0, 0.1) is 5.82 Å². The predicted molar refractivity (Wildman–Crippen MR) is 109 cm³/mol. The van der Waals surface area contributed by atoms with Gasteiger partial charge in [0.1, 0.15) is 5.82 Å². The number of hydrogen-bond donors (Lipinski definition) is 2. The fourth-order valence-corrected chi connectivity index (χ4v) is 2.62. The minimum atomic E-state index is -0.274. The van der Waals surface area contributed by atoms with E-state index in [0.717, 1.165) is 11.1 Å². The lowest BCUT2D eigenvalue weighted by Gasteiger charge is -2.14. The summed E-state index contributed by atoms with van der Waals surface area (Å²) in [6, 6.07) is 12.4. The highest BCUT2D eigenvalue weighted by molar-refractivity contribution is 5.93. The molecule has 2 aromatic carbocycles. The molecule has 0 saturated heterocycles. The van der Waals surface area contributed by atoms with Gasteiger partial charge in [-0.05, 0) is 35.4 Å². The van der Waals surface area contributed by atoms with Gasteiger partial charge in [0.15, 0.2) is 5.96 Å². The van der Waals surface area contributed by atoms with Crippen molar-refractivity contribution < 1.29 is 13.9 Å². The Hall–Kier alpha value is -2.93. The molecule has 28 heavy (non-hydrogen) atoms. The summed E-state index contributed by atoms with van der Waals surface area (Å²) >= 11 is 0. The fraction of sp³-hybridized carbons (Fsp3) is 0.333. The Balaban J connectivity index is 1.89. The molecule has 6 nitrogen and oxygen atoms in total. The summed E-state index contributed by atoms with van der Waals surface area (Å²) in [5, 5.41) is 6.43. The molecule has 0 aromatic heterocycles. The number of methoxy groups -OCH3 is 1. The SMILES string of the molecule is CN=C(NCc1ccc(C(=O)N(C)C)cc1)NCc1ccc(F)c(COC)c1. The minimum absolute atomic E-state index is 0.0240. The molecule has 0 atom stereocenters. The highest BCUT2D eigenvalue weighted by Gasteiger charge is 2.08. The number of hydrogen-bond acceptors (Lipinski definition) is 3. The molecule has 0 unspecified atom stereocenters. The van der Waals surface area contributed by atoms with Crippen molar-refractivity contribution in [3.63, 3.8) is 0 Å².